The largest absolute Gasteiger partial charge is 0.358 e. The highest BCUT2D eigenvalue weighted by molar-refractivity contribution is 9.10. The van der Waals surface area contributed by atoms with Crippen LogP contribution in [0, 0.1) is 5.82 Å². The van der Waals surface area contributed by atoms with E-state index < -0.39 is 0 Å². The number of carbonyl (C=O) groups is 1. The van der Waals surface area contributed by atoms with Crippen molar-refractivity contribution >= 4 is 38.8 Å². The highest BCUT2D eigenvalue weighted by Crippen LogP contribution is 2.31. The first-order valence-electron chi connectivity index (χ1n) is 5.97. The van der Waals surface area contributed by atoms with Gasteiger partial charge in [-0.3, -0.25) is 4.79 Å². The van der Waals surface area contributed by atoms with E-state index in [0.29, 0.717) is 15.7 Å². The van der Waals surface area contributed by atoms with Gasteiger partial charge in [0, 0.05) is 21.9 Å². The van der Waals surface area contributed by atoms with Crippen LogP contribution in [-0.2, 0) is 4.79 Å². The van der Waals surface area contributed by atoms with Crippen molar-refractivity contribution < 1.29 is 9.18 Å². The van der Waals surface area contributed by atoms with Gasteiger partial charge in [-0.2, -0.15) is 0 Å². The fourth-order valence-corrected chi connectivity index (χ4v) is 2.37. The molecule has 2 aromatic carbocycles. The number of carbonyl (C=O) groups excluding carboxylic acids is 1. The van der Waals surface area contributed by atoms with Gasteiger partial charge >= 0.3 is 0 Å². The van der Waals surface area contributed by atoms with E-state index in [-0.39, 0.29) is 11.7 Å². The second kappa shape index (κ2) is 5.09. The molecule has 1 heterocycles. The SMILES string of the molecule is O=C1Nc2ccccc2/C1=C/Nc1ccc(Br)cc1F. The molecule has 0 aliphatic carbocycles. The van der Waals surface area contributed by atoms with E-state index in [9.17, 15) is 9.18 Å². The summed E-state index contributed by atoms with van der Waals surface area (Å²) in [4.78, 5) is 11.9. The van der Waals surface area contributed by atoms with E-state index in [1.807, 2.05) is 24.3 Å². The number of anilines is 2. The van der Waals surface area contributed by atoms with Crippen LogP contribution in [0.4, 0.5) is 15.8 Å². The lowest BCUT2D eigenvalue weighted by Gasteiger charge is -2.04. The summed E-state index contributed by atoms with van der Waals surface area (Å²) < 4.78 is 14.4. The van der Waals surface area contributed by atoms with E-state index in [1.54, 1.807) is 12.1 Å². The molecule has 5 heteroatoms. The van der Waals surface area contributed by atoms with Crippen molar-refractivity contribution in [3.8, 4) is 0 Å². The van der Waals surface area contributed by atoms with Crippen LogP contribution in [0.5, 0.6) is 0 Å². The van der Waals surface area contributed by atoms with E-state index >= 15 is 0 Å². The highest BCUT2D eigenvalue weighted by Gasteiger charge is 2.23. The molecule has 2 aromatic rings. The molecule has 0 bridgehead atoms. The summed E-state index contributed by atoms with van der Waals surface area (Å²) in [6.07, 6.45) is 1.52. The zero-order chi connectivity index (χ0) is 14.1. The van der Waals surface area contributed by atoms with Gasteiger partial charge in [-0.15, -0.1) is 0 Å². The van der Waals surface area contributed by atoms with Gasteiger partial charge in [0.1, 0.15) is 5.82 Å². The molecule has 0 radical (unpaired) electrons. The second-order valence-corrected chi connectivity index (χ2v) is 5.24. The molecule has 1 amide bonds. The number of fused-ring (bicyclic) bond motifs is 1. The minimum Gasteiger partial charge on any atom is -0.358 e. The number of hydrogen-bond acceptors (Lipinski definition) is 2. The molecule has 2 N–H and O–H groups in total. The van der Waals surface area contributed by atoms with Gasteiger partial charge < -0.3 is 10.6 Å². The van der Waals surface area contributed by atoms with Crippen LogP contribution < -0.4 is 10.6 Å². The third kappa shape index (κ3) is 2.32. The van der Waals surface area contributed by atoms with Gasteiger partial charge in [-0.1, -0.05) is 34.1 Å². The molecule has 20 heavy (non-hydrogen) atoms. The Bertz CT molecular complexity index is 728. The molecule has 3 rings (SSSR count). The van der Waals surface area contributed by atoms with Gasteiger partial charge in [0.15, 0.2) is 0 Å². The Morgan fingerprint density at radius 2 is 2.00 bits per heavy atom. The zero-order valence-electron chi connectivity index (χ0n) is 10.3. The van der Waals surface area contributed by atoms with Crippen molar-refractivity contribution in [3.05, 3.63) is 64.5 Å². The predicted octanol–water partition coefficient (Wildman–Crippen LogP) is 3.99. The number of nitrogens with one attached hydrogen (secondary N) is 2. The Labute approximate surface area is 123 Å². The number of amides is 1. The lowest BCUT2D eigenvalue weighted by Crippen LogP contribution is -2.05. The van der Waals surface area contributed by atoms with Crippen molar-refractivity contribution in [2.45, 2.75) is 0 Å². The maximum absolute atomic E-state index is 13.7. The molecule has 1 aliphatic heterocycles. The molecule has 0 saturated heterocycles. The van der Waals surface area contributed by atoms with E-state index in [1.165, 1.54) is 12.3 Å². The Morgan fingerprint density at radius 1 is 1.20 bits per heavy atom. The van der Waals surface area contributed by atoms with Crippen molar-refractivity contribution in [2.24, 2.45) is 0 Å². The van der Waals surface area contributed by atoms with Crippen molar-refractivity contribution in [1.82, 2.24) is 0 Å². The van der Waals surface area contributed by atoms with Gasteiger partial charge in [-0.05, 0) is 24.3 Å². The lowest BCUT2D eigenvalue weighted by atomic mass is 10.1. The number of benzene rings is 2. The normalized spacial score (nSPS) is 15.1. The van der Waals surface area contributed by atoms with E-state index in [0.717, 1.165) is 11.3 Å². The number of para-hydroxylation sites is 1. The topological polar surface area (TPSA) is 41.1 Å². The molecular formula is C15H10BrFN2O. The molecule has 0 aromatic heterocycles. The van der Waals surface area contributed by atoms with Crippen LogP contribution in [0.15, 0.2) is 53.1 Å². The Morgan fingerprint density at radius 3 is 2.80 bits per heavy atom. The molecule has 0 unspecified atom stereocenters. The molecule has 0 atom stereocenters. The molecule has 3 nitrogen and oxygen atoms in total. The van der Waals surface area contributed by atoms with E-state index in [4.69, 9.17) is 0 Å². The summed E-state index contributed by atoms with van der Waals surface area (Å²) in [5.74, 6) is -0.584. The number of halogens is 2. The standard InChI is InChI=1S/C15H10BrFN2O/c16-9-5-6-14(12(17)7-9)18-8-11-10-3-1-2-4-13(10)19-15(11)20/h1-8,18H,(H,19,20)/b11-8-. The average molecular weight is 333 g/mol. The fraction of sp³-hybridized carbons (Fsp3) is 0. The molecule has 0 saturated carbocycles. The lowest BCUT2D eigenvalue weighted by molar-refractivity contribution is -0.110. The van der Waals surface area contributed by atoms with Gasteiger partial charge in [0.25, 0.3) is 5.91 Å². The second-order valence-electron chi connectivity index (χ2n) is 4.33. The monoisotopic (exact) mass is 332 g/mol. The fourth-order valence-electron chi connectivity index (χ4n) is 2.04. The number of rotatable bonds is 2. The van der Waals surface area contributed by atoms with Gasteiger partial charge in [-0.25, -0.2) is 4.39 Å². The quantitative estimate of drug-likeness (QED) is 0.816. The van der Waals surface area contributed by atoms with Crippen molar-refractivity contribution in [3.63, 3.8) is 0 Å². The maximum Gasteiger partial charge on any atom is 0.257 e. The average Bonchev–Trinajstić information content (AvgIpc) is 2.74. The molecule has 0 spiro atoms. The van der Waals surface area contributed by atoms with Crippen LogP contribution in [0.25, 0.3) is 5.57 Å². The van der Waals surface area contributed by atoms with Crippen molar-refractivity contribution in [2.75, 3.05) is 10.6 Å². The zero-order valence-corrected chi connectivity index (χ0v) is 11.9. The first kappa shape index (κ1) is 12.9. The summed E-state index contributed by atoms with van der Waals surface area (Å²) in [6, 6.07) is 12.1. The summed E-state index contributed by atoms with van der Waals surface area (Å²) in [5.41, 5.74) is 2.38. The Kier molecular flexibility index (Phi) is 3.28. The molecule has 1 aliphatic rings. The molecule has 0 fully saturated rings. The van der Waals surface area contributed by atoms with Crippen LogP contribution in [0.3, 0.4) is 0 Å². The van der Waals surface area contributed by atoms with Crippen LogP contribution in [0.1, 0.15) is 5.56 Å². The van der Waals surface area contributed by atoms with Crippen LogP contribution in [0.2, 0.25) is 0 Å². The summed E-state index contributed by atoms with van der Waals surface area (Å²) in [6.45, 7) is 0. The van der Waals surface area contributed by atoms with Gasteiger partial charge in [0.05, 0.1) is 11.3 Å². The summed E-state index contributed by atoms with van der Waals surface area (Å²) in [7, 11) is 0. The first-order chi connectivity index (χ1) is 9.65. The maximum atomic E-state index is 13.7. The van der Waals surface area contributed by atoms with Crippen LogP contribution in [-0.4, -0.2) is 5.91 Å². The third-order valence-electron chi connectivity index (χ3n) is 3.01. The van der Waals surface area contributed by atoms with Crippen LogP contribution >= 0.6 is 15.9 Å². The van der Waals surface area contributed by atoms with E-state index in [2.05, 4.69) is 26.6 Å². The Balaban J connectivity index is 1.91. The smallest absolute Gasteiger partial charge is 0.257 e. The minimum atomic E-state index is -0.386. The number of hydrogen-bond donors (Lipinski definition) is 2. The minimum absolute atomic E-state index is 0.198. The van der Waals surface area contributed by atoms with Gasteiger partial charge in [0.2, 0.25) is 0 Å². The highest BCUT2D eigenvalue weighted by atomic mass is 79.9. The molecule has 100 valence electrons. The summed E-state index contributed by atoms with van der Waals surface area (Å²) in [5, 5.41) is 5.59. The first-order valence-corrected chi connectivity index (χ1v) is 6.77. The Hall–Kier alpha value is -2.14. The third-order valence-corrected chi connectivity index (χ3v) is 3.51. The molecular weight excluding hydrogens is 323 g/mol. The summed E-state index contributed by atoms with van der Waals surface area (Å²) >= 11 is 3.20. The predicted molar refractivity (Wildman–Crippen MR) is 80.8 cm³/mol. The van der Waals surface area contributed by atoms with Crippen molar-refractivity contribution in [1.29, 1.82) is 0 Å².